The number of imidazole rings is 1. The van der Waals surface area contributed by atoms with Gasteiger partial charge in [-0.1, -0.05) is 23.7 Å². The van der Waals surface area contributed by atoms with Crippen LogP contribution in [0.5, 0.6) is 0 Å². The van der Waals surface area contributed by atoms with E-state index in [4.69, 9.17) is 22.1 Å². The summed E-state index contributed by atoms with van der Waals surface area (Å²) in [5, 5.41) is 0.0621. The Morgan fingerprint density at radius 3 is 2.92 bits per heavy atom. The Bertz CT molecular complexity index is 998. The highest BCUT2D eigenvalue weighted by atomic mass is 35.5. The third-order valence-corrected chi connectivity index (χ3v) is 4.25. The van der Waals surface area contributed by atoms with Crippen LogP contribution in [0, 0.1) is 5.82 Å². The summed E-state index contributed by atoms with van der Waals surface area (Å²) in [6, 6.07) is 8.10. The molecule has 0 radical (unpaired) electrons. The summed E-state index contributed by atoms with van der Waals surface area (Å²) in [6.07, 6.45) is 5.65. The molecule has 5 nitrogen and oxygen atoms in total. The van der Waals surface area contributed by atoms with Crippen LogP contribution in [-0.2, 0) is 11.2 Å². The van der Waals surface area contributed by atoms with Crippen LogP contribution in [0.3, 0.4) is 0 Å². The van der Waals surface area contributed by atoms with Crippen molar-refractivity contribution in [1.82, 2.24) is 9.38 Å². The van der Waals surface area contributed by atoms with Gasteiger partial charge in [0.25, 0.3) is 0 Å². The van der Waals surface area contributed by atoms with Crippen LogP contribution < -0.4 is 5.73 Å². The number of aromatic nitrogens is 2. The average molecular weight is 374 g/mol. The molecule has 26 heavy (non-hydrogen) atoms. The number of benzene rings is 1. The standard InChI is InChI=1S/C19H17ClFN3O2/c1-26-19(25)13-8-10-24-16(7-9-22)15(23-17(24)11-13)6-5-12-3-2-4-14(20)18(12)21/h2-6,8,10-11H,7,9,22H2,1H3/b6-5+. The van der Waals surface area contributed by atoms with E-state index in [1.165, 1.54) is 13.2 Å². The number of hydrogen-bond acceptors (Lipinski definition) is 4. The fourth-order valence-corrected chi connectivity index (χ4v) is 2.88. The van der Waals surface area contributed by atoms with Gasteiger partial charge in [0.2, 0.25) is 0 Å². The normalized spacial score (nSPS) is 11.4. The number of carbonyl (C=O) groups excluding carboxylic acids is 1. The van der Waals surface area contributed by atoms with Crippen LogP contribution in [0.2, 0.25) is 5.02 Å². The molecular formula is C19H17ClFN3O2. The molecular weight excluding hydrogens is 357 g/mol. The fourth-order valence-electron chi connectivity index (χ4n) is 2.70. The van der Waals surface area contributed by atoms with Gasteiger partial charge < -0.3 is 14.9 Å². The minimum atomic E-state index is -0.484. The van der Waals surface area contributed by atoms with Crippen LogP contribution >= 0.6 is 11.6 Å². The number of pyridine rings is 1. The summed E-state index contributed by atoms with van der Waals surface area (Å²) in [5.74, 6) is -0.920. The van der Waals surface area contributed by atoms with Crippen LogP contribution in [0.15, 0.2) is 36.5 Å². The molecule has 2 heterocycles. The van der Waals surface area contributed by atoms with Crippen LogP contribution in [0.4, 0.5) is 4.39 Å². The van der Waals surface area contributed by atoms with Gasteiger partial charge in [-0.05, 0) is 36.9 Å². The summed E-state index contributed by atoms with van der Waals surface area (Å²) < 4.78 is 20.6. The third-order valence-electron chi connectivity index (χ3n) is 3.96. The van der Waals surface area contributed by atoms with E-state index in [1.807, 2.05) is 4.40 Å². The summed E-state index contributed by atoms with van der Waals surface area (Å²) >= 11 is 5.81. The van der Waals surface area contributed by atoms with Crippen molar-refractivity contribution in [2.45, 2.75) is 6.42 Å². The molecule has 2 N–H and O–H groups in total. The van der Waals surface area contributed by atoms with Gasteiger partial charge in [-0.25, -0.2) is 14.2 Å². The molecule has 0 atom stereocenters. The predicted octanol–water partition coefficient (Wildman–Crippen LogP) is 3.59. The van der Waals surface area contributed by atoms with Gasteiger partial charge in [0.15, 0.2) is 0 Å². The maximum absolute atomic E-state index is 14.1. The number of ether oxygens (including phenoxy) is 1. The van der Waals surface area contributed by atoms with Crippen LogP contribution in [-0.4, -0.2) is 29.0 Å². The second-order valence-electron chi connectivity index (χ2n) is 5.59. The molecule has 0 aliphatic carbocycles. The molecule has 0 aliphatic heterocycles. The van der Waals surface area contributed by atoms with Gasteiger partial charge in [0, 0.05) is 18.2 Å². The lowest BCUT2D eigenvalue weighted by Crippen LogP contribution is -2.07. The number of nitrogens with two attached hydrogens (primary N) is 1. The first kappa shape index (κ1) is 18.1. The largest absolute Gasteiger partial charge is 0.465 e. The van der Waals surface area contributed by atoms with E-state index in [-0.39, 0.29) is 5.02 Å². The van der Waals surface area contributed by atoms with E-state index in [9.17, 15) is 9.18 Å². The van der Waals surface area contributed by atoms with Gasteiger partial charge in [0.1, 0.15) is 11.5 Å². The second kappa shape index (κ2) is 7.68. The lowest BCUT2D eigenvalue weighted by molar-refractivity contribution is 0.0600. The quantitative estimate of drug-likeness (QED) is 0.694. The summed E-state index contributed by atoms with van der Waals surface area (Å²) in [4.78, 5) is 16.2. The van der Waals surface area contributed by atoms with E-state index in [0.29, 0.717) is 35.4 Å². The van der Waals surface area contributed by atoms with Crippen molar-refractivity contribution in [3.63, 3.8) is 0 Å². The number of fused-ring (bicyclic) bond motifs is 1. The number of methoxy groups -OCH3 is 1. The molecule has 0 fully saturated rings. The third kappa shape index (κ3) is 3.47. The molecule has 7 heteroatoms. The van der Waals surface area contributed by atoms with Crippen molar-refractivity contribution in [1.29, 1.82) is 0 Å². The smallest absolute Gasteiger partial charge is 0.338 e. The molecule has 3 rings (SSSR count). The molecule has 1 aromatic carbocycles. The fraction of sp³-hybridized carbons (Fsp3) is 0.158. The highest BCUT2D eigenvalue weighted by Crippen LogP contribution is 2.22. The Hall–Kier alpha value is -2.70. The van der Waals surface area contributed by atoms with Gasteiger partial charge in [-0.3, -0.25) is 0 Å². The van der Waals surface area contributed by atoms with Gasteiger partial charge in [0.05, 0.1) is 29.1 Å². The minimum absolute atomic E-state index is 0.0621. The van der Waals surface area contributed by atoms with Crippen molar-refractivity contribution < 1.29 is 13.9 Å². The SMILES string of the molecule is COC(=O)c1ccn2c(CCN)c(/C=C/c3cccc(Cl)c3F)nc2c1. The molecule has 0 bridgehead atoms. The molecule has 2 aromatic heterocycles. The van der Waals surface area contributed by atoms with Crippen molar-refractivity contribution in [3.8, 4) is 0 Å². The first-order chi connectivity index (χ1) is 12.5. The monoisotopic (exact) mass is 373 g/mol. The zero-order valence-electron chi connectivity index (χ0n) is 14.1. The van der Waals surface area contributed by atoms with Gasteiger partial charge in [-0.2, -0.15) is 0 Å². The number of rotatable bonds is 5. The molecule has 0 unspecified atom stereocenters. The van der Waals surface area contributed by atoms with E-state index >= 15 is 0 Å². The van der Waals surface area contributed by atoms with Crippen molar-refractivity contribution in [2.24, 2.45) is 5.73 Å². The summed E-state index contributed by atoms with van der Waals surface area (Å²) in [6.45, 7) is 0.429. The number of esters is 1. The lowest BCUT2D eigenvalue weighted by atomic mass is 10.1. The Kier molecular flexibility index (Phi) is 5.35. The van der Waals surface area contributed by atoms with E-state index in [2.05, 4.69) is 4.98 Å². The zero-order chi connectivity index (χ0) is 18.7. The Morgan fingerprint density at radius 2 is 2.19 bits per heavy atom. The van der Waals surface area contributed by atoms with Crippen molar-refractivity contribution >= 4 is 35.4 Å². The molecule has 0 aliphatic rings. The molecule has 0 spiro atoms. The average Bonchev–Trinajstić information content (AvgIpc) is 2.99. The predicted molar refractivity (Wildman–Crippen MR) is 99.6 cm³/mol. The van der Waals surface area contributed by atoms with E-state index in [0.717, 1.165) is 5.69 Å². The first-order valence-electron chi connectivity index (χ1n) is 7.96. The van der Waals surface area contributed by atoms with Crippen molar-refractivity contribution in [3.05, 3.63) is 69.9 Å². The number of hydrogen-bond donors (Lipinski definition) is 1. The molecule has 134 valence electrons. The minimum Gasteiger partial charge on any atom is -0.465 e. The topological polar surface area (TPSA) is 69.6 Å². The second-order valence-corrected chi connectivity index (χ2v) is 6.00. The highest BCUT2D eigenvalue weighted by Gasteiger charge is 2.13. The van der Waals surface area contributed by atoms with Crippen LogP contribution in [0.1, 0.15) is 27.3 Å². The van der Waals surface area contributed by atoms with E-state index in [1.54, 1.807) is 42.6 Å². The Morgan fingerprint density at radius 1 is 1.38 bits per heavy atom. The van der Waals surface area contributed by atoms with Gasteiger partial charge in [-0.15, -0.1) is 0 Å². The number of halogens is 2. The van der Waals surface area contributed by atoms with Gasteiger partial charge >= 0.3 is 5.97 Å². The lowest BCUT2D eigenvalue weighted by Gasteiger charge is -2.03. The maximum Gasteiger partial charge on any atom is 0.338 e. The summed E-state index contributed by atoms with van der Waals surface area (Å²) in [5.41, 5.74) is 8.59. The van der Waals surface area contributed by atoms with Crippen LogP contribution in [0.25, 0.3) is 17.8 Å². The highest BCUT2D eigenvalue weighted by molar-refractivity contribution is 6.30. The molecule has 0 saturated heterocycles. The Labute approximate surface area is 154 Å². The van der Waals surface area contributed by atoms with E-state index < -0.39 is 11.8 Å². The first-order valence-corrected chi connectivity index (χ1v) is 8.34. The zero-order valence-corrected chi connectivity index (χ0v) is 14.8. The maximum atomic E-state index is 14.1. The molecule has 3 aromatic rings. The number of nitrogens with zero attached hydrogens (tertiary/aromatic N) is 2. The molecule has 0 amide bonds. The Balaban J connectivity index is 2.06. The number of carbonyl (C=O) groups is 1. The molecule has 0 saturated carbocycles. The van der Waals surface area contributed by atoms with Crippen molar-refractivity contribution in [2.75, 3.05) is 13.7 Å². The summed E-state index contributed by atoms with van der Waals surface area (Å²) in [7, 11) is 1.33.